The highest BCUT2D eigenvalue weighted by atomic mass is 79.9. The van der Waals surface area contributed by atoms with E-state index in [1.807, 2.05) is 12.1 Å². The van der Waals surface area contributed by atoms with Gasteiger partial charge in [-0.2, -0.15) is 0 Å². The van der Waals surface area contributed by atoms with E-state index in [-0.39, 0.29) is 11.5 Å². The van der Waals surface area contributed by atoms with E-state index in [0.717, 1.165) is 24.3 Å². The zero-order valence-electron chi connectivity index (χ0n) is 11.5. The quantitative estimate of drug-likeness (QED) is 0.770. The van der Waals surface area contributed by atoms with Crippen LogP contribution in [0.15, 0.2) is 18.2 Å². The van der Waals surface area contributed by atoms with Crippen LogP contribution in [-0.2, 0) is 0 Å². The van der Waals surface area contributed by atoms with Crippen molar-refractivity contribution in [1.82, 2.24) is 0 Å². The van der Waals surface area contributed by atoms with Crippen LogP contribution in [0.25, 0.3) is 0 Å². The molecule has 1 aromatic carbocycles. The van der Waals surface area contributed by atoms with Crippen molar-refractivity contribution >= 4 is 15.9 Å². The average Bonchev–Trinajstić information content (AvgIpc) is 2.38. The summed E-state index contributed by atoms with van der Waals surface area (Å²) in [5.41, 5.74) is 1.40. The van der Waals surface area contributed by atoms with Crippen molar-refractivity contribution in [3.63, 3.8) is 0 Å². The van der Waals surface area contributed by atoms with Gasteiger partial charge in [0.15, 0.2) is 11.5 Å². The summed E-state index contributed by atoms with van der Waals surface area (Å²) in [5, 5.41) is 0. The Hall–Kier alpha value is -0.700. The first-order chi connectivity index (χ1) is 8.51. The van der Waals surface area contributed by atoms with Crippen molar-refractivity contribution in [3.05, 3.63) is 23.8 Å². The fourth-order valence-electron chi connectivity index (χ4n) is 2.42. The molecule has 2 nitrogen and oxygen atoms in total. The molecule has 1 aromatic rings. The van der Waals surface area contributed by atoms with Gasteiger partial charge in [-0.05, 0) is 37.5 Å². The molecule has 2 rings (SSSR count). The van der Waals surface area contributed by atoms with Gasteiger partial charge in [-0.15, -0.1) is 0 Å². The van der Waals surface area contributed by atoms with Crippen LogP contribution in [-0.4, -0.2) is 18.0 Å². The summed E-state index contributed by atoms with van der Waals surface area (Å²) in [6, 6.07) is 6.08. The van der Waals surface area contributed by atoms with E-state index in [0.29, 0.717) is 4.83 Å². The van der Waals surface area contributed by atoms with E-state index in [1.54, 1.807) is 7.11 Å². The third kappa shape index (κ3) is 2.25. The molecule has 100 valence electrons. The van der Waals surface area contributed by atoms with E-state index in [4.69, 9.17) is 9.47 Å². The van der Waals surface area contributed by atoms with Crippen LogP contribution in [0.1, 0.15) is 32.3 Å². The Morgan fingerprint density at radius 3 is 2.67 bits per heavy atom. The number of alkyl halides is 1. The summed E-state index contributed by atoms with van der Waals surface area (Å²) in [4.78, 5) is 0.552. The summed E-state index contributed by atoms with van der Waals surface area (Å²) in [6.07, 6.45) is 2.44. The van der Waals surface area contributed by atoms with E-state index in [2.05, 4.69) is 42.8 Å². The van der Waals surface area contributed by atoms with Crippen molar-refractivity contribution in [3.8, 4) is 11.5 Å². The molecule has 1 fully saturated rings. The minimum atomic E-state index is 0.218. The van der Waals surface area contributed by atoms with Gasteiger partial charge < -0.3 is 9.47 Å². The molecular weight excluding hydrogens is 292 g/mol. The molecule has 0 N–H and O–H groups in total. The lowest BCUT2D eigenvalue weighted by molar-refractivity contribution is -0.0256. The minimum Gasteiger partial charge on any atom is -0.493 e. The Balaban J connectivity index is 2.15. The fourth-order valence-corrected chi connectivity index (χ4v) is 3.38. The minimum absolute atomic E-state index is 0.218. The maximum atomic E-state index is 6.15. The summed E-state index contributed by atoms with van der Waals surface area (Å²) in [5.74, 6) is 1.68. The Kier molecular flexibility index (Phi) is 3.90. The normalized spacial score (nSPS) is 30.7. The number of benzene rings is 1. The molecule has 3 heteroatoms. The van der Waals surface area contributed by atoms with Crippen molar-refractivity contribution < 1.29 is 9.47 Å². The number of halogens is 1. The molecule has 0 aliphatic heterocycles. The van der Waals surface area contributed by atoms with Gasteiger partial charge in [-0.1, -0.05) is 35.8 Å². The van der Waals surface area contributed by atoms with Crippen LogP contribution in [0.3, 0.4) is 0 Å². The second-order valence-corrected chi connectivity index (χ2v) is 6.43. The van der Waals surface area contributed by atoms with Gasteiger partial charge in [0.05, 0.1) is 7.11 Å². The second-order valence-electron chi connectivity index (χ2n) is 5.32. The number of ether oxygens (including phenoxy) is 2. The largest absolute Gasteiger partial charge is 0.493 e. The van der Waals surface area contributed by atoms with E-state index in [1.165, 1.54) is 5.56 Å². The molecule has 1 aliphatic rings. The lowest BCUT2D eigenvalue weighted by Gasteiger charge is -2.50. The van der Waals surface area contributed by atoms with Crippen LogP contribution < -0.4 is 9.47 Å². The first-order valence-electron chi connectivity index (χ1n) is 6.46. The molecule has 0 radical (unpaired) electrons. The van der Waals surface area contributed by atoms with E-state index >= 15 is 0 Å². The van der Waals surface area contributed by atoms with E-state index < -0.39 is 0 Å². The summed E-state index contributed by atoms with van der Waals surface area (Å²) in [6.45, 7) is 6.55. The number of methoxy groups -OCH3 is 1. The molecule has 0 heterocycles. The predicted molar refractivity (Wildman–Crippen MR) is 77.9 cm³/mol. The zero-order valence-corrected chi connectivity index (χ0v) is 13.1. The molecule has 1 saturated carbocycles. The lowest BCUT2D eigenvalue weighted by Crippen LogP contribution is -2.54. The second kappa shape index (κ2) is 5.12. The van der Waals surface area contributed by atoms with Gasteiger partial charge in [0.25, 0.3) is 0 Å². The monoisotopic (exact) mass is 312 g/mol. The summed E-state index contributed by atoms with van der Waals surface area (Å²) >= 11 is 3.73. The Morgan fingerprint density at radius 2 is 2.11 bits per heavy atom. The Bertz CT molecular complexity index is 433. The molecule has 3 unspecified atom stereocenters. The van der Waals surface area contributed by atoms with Crippen LogP contribution >= 0.6 is 15.9 Å². The standard InChI is InChI=1S/C15H21BrO2/c1-5-15(3)13(16)9-14(15)18-11-7-6-10(2)8-12(11)17-4/h6-8,13-14H,5,9H2,1-4H3. The lowest BCUT2D eigenvalue weighted by atomic mass is 9.65. The molecule has 0 amide bonds. The predicted octanol–water partition coefficient (Wildman–Crippen LogP) is 4.33. The SMILES string of the molecule is CCC1(C)C(Br)CC1Oc1ccc(C)cc1OC. The number of rotatable bonds is 4. The van der Waals surface area contributed by atoms with Crippen LogP contribution in [0.5, 0.6) is 11.5 Å². The highest BCUT2D eigenvalue weighted by molar-refractivity contribution is 9.09. The van der Waals surface area contributed by atoms with Gasteiger partial charge in [0.1, 0.15) is 6.10 Å². The van der Waals surface area contributed by atoms with Crippen LogP contribution in [0, 0.1) is 12.3 Å². The molecule has 0 saturated heterocycles. The molecule has 0 aromatic heterocycles. The molecule has 1 aliphatic carbocycles. The van der Waals surface area contributed by atoms with Gasteiger partial charge in [-0.25, -0.2) is 0 Å². The topological polar surface area (TPSA) is 18.5 Å². The van der Waals surface area contributed by atoms with Crippen molar-refractivity contribution in [1.29, 1.82) is 0 Å². The number of hydrogen-bond donors (Lipinski definition) is 0. The molecular formula is C15H21BrO2. The molecule has 18 heavy (non-hydrogen) atoms. The maximum Gasteiger partial charge on any atom is 0.161 e. The van der Waals surface area contributed by atoms with Crippen molar-refractivity contribution in [2.75, 3.05) is 7.11 Å². The van der Waals surface area contributed by atoms with E-state index in [9.17, 15) is 0 Å². The van der Waals surface area contributed by atoms with Crippen LogP contribution in [0.4, 0.5) is 0 Å². The smallest absolute Gasteiger partial charge is 0.161 e. The summed E-state index contributed by atoms with van der Waals surface area (Å²) in [7, 11) is 1.69. The fraction of sp³-hybridized carbons (Fsp3) is 0.600. The van der Waals surface area contributed by atoms with Gasteiger partial charge >= 0.3 is 0 Å². The van der Waals surface area contributed by atoms with Gasteiger partial charge in [0, 0.05) is 10.2 Å². The maximum absolute atomic E-state index is 6.15. The number of aryl methyl sites for hydroxylation is 1. The highest BCUT2D eigenvalue weighted by Gasteiger charge is 2.51. The first kappa shape index (κ1) is 13.7. The van der Waals surface area contributed by atoms with Crippen LogP contribution in [0.2, 0.25) is 0 Å². The molecule has 0 bridgehead atoms. The molecule has 3 atom stereocenters. The number of hydrogen-bond acceptors (Lipinski definition) is 2. The third-order valence-corrected chi connectivity index (χ3v) is 5.64. The van der Waals surface area contributed by atoms with Crippen molar-refractivity contribution in [2.24, 2.45) is 5.41 Å². The van der Waals surface area contributed by atoms with Gasteiger partial charge in [0.2, 0.25) is 0 Å². The van der Waals surface area contributed by atoms with Crippen molar-refractivity contribution in [2.45, 2.75) is 44.5 Å². The first-order valence-corrected chi connectivity index (χ1v) is 7.38. The highest BCUT2D eigenvalue weighted by Crippen LogP contribution is 2.50. The molecule has 0 spiro atoms. The summed E-state index contributed by atoms with van der Waals surface area (Å²) < 4.78 is 11.5. The Labute approximate surface area is 118 Å². The van der Waals surface area contributed by atoms with Gasteiger partial charge in [-0.3, -0.25) is 0 Å². The average molecular weight is 313 g/mol. The zero-order chi connectivity index (χ0) is 13.3. The Morgan fingerprint density at radius 1 is 1.39 bits per heavy atom. The third-order valence-electron chi connectivity index (χ3n) is 4.22.